The number of carbonyl (C=O) groups excluding carboxylic acids is 1. The molecule has 0 radical (unpaired) electrons. The van der Waals surface area contributed by atoms with E-state index in [9.17, 15) is 4.79 Å². The quantitative estimate of drug-likeness (QED) is 0.567. The third-order valence-electron chi connectivity index (χ3n) is 2.86. The molecule has 0 aliphatic rings. The molecule has 0 fully saturated rings. The second-order valence-electron chi connectivity index (χ2n) is 4.10. The van der Waals surface area contributed by atoms with E-state index < -0.39 is 0 Å². The van der Waals surface area contributed by atoms with Gasteiger partial charge in [0, 0.05) is 12.7 Å². The zero-order valence-corrected chi connectivity index (χ0v) is 10.9. The Kier molecular flexibility index (Phi) is 4.61. The molecular weight excluding hydrogens is 242 g/mol. The topological polar surface area (TPSA) is 40.5 Å². The predicted octanol–water partition coefficient (Wildman–Crippen LogP) is 2.78. The highest BCUT2D eigenvalue weighted by Gasteiger charge is 2.03. The Bertz CT molecular complexity index is 534. The number of aldehydes is 1. The summed E-state index contributed by atoms with van der Waals surface area (Å²) in [6.07, 6.45) is 3.58. The number of para-hydroxylation sites is 2. The van der Waals surface area contributed by atoms with Gasteiger partial charge in [0.1, 0.15) is 0 Å². The molecular formula is C15H17NO3. The van der Waals surface area contributed by atoms with Crippen molar-refractivity contribution in [2.24, 2.45) is 0 Å². The maximum atomic E-state index is 10.8. The van der Waals surface area contributed by atoms with Crippen LogP contribution in [0.5, 0.6) is 11.5 Å². The highest BCUT2D eigenvalue weighted by molar-refractivity contribution is 5.72. The van der Waals surface area contributed by atoms with Gasteiger partial charge < -0.3 is 14.0 Å². The summed E-state index contributed by atoms with van der Waals surface area (Å²) in [7, 11) is 1.62. The molecule has 1 aromatic heterocycles. The number of hydrogen-bond acceptors (Lipinski definition) is 3. The number of rotatable bonds is 7. The fourth-order valence-corrected chi connectivity index (χ4v) is 1.89. The lowest BCUT2D eigenvalue weighted by Crippen LogP contribution is -2.06. The van der Waals surface area contributed by atoms with E-state index in [0.29, 0.717) is 12.3 Å². The molecule has 2 rings (SSSR count). The molecule has 0 amide bonds. The van der Waals surface area contributed by atoms with E-state index in [4.69, 9.17) is 9.47 Å². The van der Waals surface area contributed by atoms with E-state index in [0.717, 1.165) is 30.8 Å². The van der Waals surface area contributed by atoms with Crippen molar-refractivity contribution in [1.82, 2.24) is 4.57 Å². The van der Waals surface area contributed by atoms with Crippen molar-refractivity contribution in [3.05, 3.63) is 48.3 Å². The largest absolute Gasteiger partial charge is 0.493 e. The summed E-state index contributed by atoms with van der Waals surface area (Å²) in [6, 6.07) is 11.2. The maximum Gasteiger partial charge on any atom is 0.166 e. The molecule has 1 aromatic carbocycles. The van der Waals surface area contributed by atoms with Crippen LogP contribution in [0.1, 0.15) is 16.9 Å². The van der Waals surface area contributed by atoms with Crippen molar-refractivity contribution < 1.29 is 14.3 Å². The van der Waals surface area contributed by atoms with Crippen LogP contribution >= 0.6 is 0 Å². The molecule has 19 heavy (non-hydrogen) atoms. The van der Waals surface area contributed by atoms with Crippen molar-refractivity contribution in [2.75, 3.05) is 13.7 Å². The minimum absolute atomic E-state index is 0.580. The predicted molar refractivity (Wildman–Crippen MR) is 72.9 cm³/mol. The average molecular weight is 259 g/mol. The van der Waals surface area contributed by atoms with E-state index in [1.54, 1.807) is 13.2 Å². The van der Waals surface area contributed by atoms with Crippen molar-refractivity contribution >= 4 is 6.29 Å². The minimum Gasteiger partial charge on any atom is -0.493 e. The standard InChI is InChI=1S/C15H17NO3/c1-18-14-7-2-3-8-15(14)19-11-5-10-16-9-4-6-13(16)12-17/h2-4,6-9,12H,5,10-11H2,1H3. The number of hydrogen-bond donors (Lipinski definition) is 0. The van der Waals surface area contributed by atoms with E-state index in [1.165, 1.54) is 0 Å². The van der Waals surface area contributed by atoms with Crippen LogP contribution in [0.4, 0.5) is 0 Å². The molecule has 2 aromatic rings. The van der Waals surface area contributed by atoms with Crippen molar-refractivity contribution in [3.8, 4) is 11.5 Å². The van der Waals surface area contributed by atoms with Gasteiger partial charge in [0.15, 0.2) is 17.8 Å². The number of carbonyl (C=O) groups is 1. The van der Waals surface area contributed by atoms with Gasteiger partial charge in [-0.15, -0.1) is 0 Å². The van der Waals surface area contributed by atoms with Gasteiger partial charge in [-0.25, -0.2) is 0 Å². The summed E-state index contributed by atoms with van der Waals surface area (Å²) in [5.41, 5.74) is 0.692. The highest BCUT2D eigenvalue weighted by Crippen LogP contribution is 2.25. The Hall–Kier alpha value is -2.23. The second kappa shape index (κ2) is 6.64. The molecule has 0 saturated heterocycles. The molecule has 0 spiro atoms. The normalized spacial score (nSPS) is 10.2. The summed E-state index contributed by atoms with van der Waals surface area (Å²) >= 11 is 0. The Morgan fingerprint density at radius 1 is 1.16 bits per heavy atom. The number of benzene rings is 1. The average Bonchev–Trinajstić information content (AvgIpc) is 2.91. The number of aromatic nitrogens is 1. The molecule has 4 heteroatoms. The van der Waals surface area contributed by atoms with Gasteiger partial charge in [-0.3, -0.25) is 4.79 Å². The lowest BCUT2D eigenvalue weighted by atomic mass is 10.3. The van der Waals surface area contributed by atoms with Crippen molar-refractivity contribution in [1.29, 1.82) is 0 Å². The summed E-state index contributed by atoms with van der Waals surface area (Å²) in [4.78, 5) is 10.8. The minimum atomic E-state index is 0.580. The van der Waals surface area contributed by atoms with Crippen molar-refractivity contribution in [3.63, 3.8) is 0 Å². The second-order valence-corrected chi connectivity index (χ2v) is 4.10. The molecule has 0 aliphatic heterocycles. The van der Waals surface area contributed by atoms with Crippen LogP contribution < -0.4 is 9.47 Å². The first kappa shape index (κ1) is 13.2. The summed E-state index contributed by atoms with van der Waals surface area (Å²) in [5, 5.41) is 0. The number of aryl methyl sites for hydroxylation is 1. The Balaban J connectivity index is 1.82. The lowest BCUT2D eigenvalue weighted by Gasteiger charge is -2.10. The van der Waals surface area contributed by atoms with E-state index in [1.807, 2.05) is 41.1 Å². The fraction of sp³-hybridized carbons (Fsp3) is 0.267. The molecule has 0 unspecified atom stereocenters. The summed E-state index contributed by atoms with van der Waals surface area (Å²) in [5.74, 6) is 1.48. The van der Waals surface area contributed by atoms with Crippen LogP contribution in [-0.4, -0.2) is 24.6 Å². The number of methoxy groups -OCH3 is 1. The van der Waals surface area contributed by atoms with Gasteiger partial charge in [0.2, 0.25) is 0 Å². The van der Waals surface area contributed by atoms with E-state index in [-0.39, 0.29) is 0 Å². The Morgan fingerprint density at radius 2 is 1.95 bits per heavy atom. The third kappa shape index (κ3) is 3.37. The van der Waals surface area contributed by atoms with Gasteiger partial charge in [-0.05, 0) is 30.7 Å². The summed E-state index contributed by atoms with van der Waals surface area (Å²) < 4.78 is 12.8. The first-order valence-electron chi connectivity index (χ1n) is 6.21. The van der Waals surface area contributed by atoms with Crippen LogP contribution in [0.25, 0.3) is 0 Å². The van der Waals surface area contributed by atoms with Crippen LogP contribution in [-0.2, 0) is 6.54 Å². The molecule has 100 valence electrons. The smallest absolute Gasteiger partial charge is 0.166 e. The van der Waals surface area contributed by atoms with E-state index in [2.05, 4.69) is 0 Å². The van der Waals surface area contributed by atoms with Crippen LogP contribution in [0.3, 0.4) is 0 Å². The lowest BCUT2D eigenvalue weighted by molar-refractivity contribution is 0.111. The van der Waals surface area contributed by atoms with Crippen LogP contribution in [0.15, 0.2) is 42.6 Å². The first-order chi connectivity index (χ1) is 9.35. The number of nitrogens with zero attached hydrogens (tertiary/aromatic N) is 1. The molecule has 0 atom stereocenters. The monoisotopic (exact) mass is 259 g/mol. The highest BCUT2D eigenvalue weighted by atomic mass is 16.5. The molecule has 0 saturated carbocycles. The maximum absolute atomic E-state index is 10.8. The summed E-state index contributed by atoms with van der Waals surface area (Å²) in [6.45, 7) is 1.34. The third-order valence-corrected chi connectivity index (χ3v) is 2.86. The fourth-order valence-electron chi connectivity index (χ4n) is 1.89. The molecule has 0 N–H and O–H groups in total. The van der Waals surface area contributed by atoms with Crippen LogP contribution in [0, 0.1) is 0 Å². The zero-order valence-electron chi connectivity index (χ0n) is 10.9. The van der Waals surface area contributed by atoms with Gasteiger partial charge in [-0.1, -0.05) is 12.1 Å². The van der Waals surface area contributed by atoms with E-state index >= 15 is 0 Å². The van der Waals surface area contributed by atoms with Gasteiger partial charge in [0.05, 0.1) is 19.4 Å². The number of ether oxygens (including phenoxy) is 2. The Morgan fingerprint density at radius 3 is 2.68 bits per heavy atom. The molecule has 1 heterocycles. The Labute approximate surface area is 112 Å². The van der Waals surface area contributed by atoms with Gasteiger partial charge >= 0.3 is 0 Å². The van der Waals surface area contributed by atoms with Crippen molar-refractivity contribution in [2.45, 2.75) is 13.0 Å². The van der Waals surface area contributed by atoms with Crippen LogP contribution in [0.2, 0.25) is 0 Å². The molecule has 0 aliphatic carbocycles. The van der Waals surface area contributed by atoms with Gasteiger partial charge in [0.25, 0.3) is 0 Å². The molecule has 0 bridgehead atoms. The first-order valence-corrected chi connectivity index (χ1v) is 6.21. The molecule has 4 nitrogen and oxygen atoms in total. The van der Waals surface area contributed by atoms with Gasteiger partial charge in [-0.2, -0.15) is 0 Å². The zero-order chi connectivity index (χ0) is 13.5. The SMILES string of the molecule is COc1ccccc1OCCCn1cccc1C=O.